The van der Waals surface area contributed by atoms with Crippen molar-refractivity contribution in [2.24, 2.45) is 5.41 Å². The highest BCUT2D eigenvalue weighted by Crippen LogP contribution is 2.31. The largest absolute Gasteiger partial charge is 0.480 e. The smallest absolute Gasteiger partial charge is 0.407 e. The Hall–Kier alpha value is -2.65. The van der Waals surface area contributed by atoms with Gasteiger partial charge in [0.05, 0.1) is 18.3 Å². The van der Waals surface area contributed by atoms with Gasteiger partial charge in [0, 0.05) is 19.2 Å². The molecule has 1 aromatic heterocycles. The van der Waals surface area contributed by atoms with Crippen LogP contribution in [0.1, 0.15) is 58.2 Å². The van der Waals surface area contributed by atoms with Crippen LogP contribution in [0.5, 0.6) is 0 Å². The summed E-state index contributed by atoms with van der Waals surface area (Å²) in [5.74, 6) is -1.51. The number of aryl methyl sites for hydroxylation is 1. The van der Waals surface area contributed by atoms with E-state index in [0.717, 1.165) is 25.0 Å². The van der Waals surface area contributed by atoms with Gasteiger partial charge in [-0.1, -0.05) is 26.0 Å². The maximum Gasteiger partial charge on any atom is 0.407 e. The summed E-state index contributed by atoms with van der Waals surface area (Å²) < 4.78 is 6.89. The van der Waals surface area contributed by atoms with Crippen LogP contribution in [0.4, 0.5) is 4.79 Å². The molecule has 1 saturated heterocycles. The van der Waals surface area contributed by atoms with E-state index in [1.807, 2.05) is 27.0 Å². The van der Waals surface area contributed by atoms with E-state index in [9.17, 15) is 19.5 Å². The van der Waals surface area contributed by atoms with Gasteiger partial charge < -0.3 is 20.1 Å². The summed E-state index contributed by atoms with van der Waals surface area (Å²) in [7, 11) is 0. The molecule has 2 N–H and O–H groups in total. The van der Waals surface area contributed by atoms with Crippen LogP contribution in [-0.4, -0.2) is 68.2 Å². The molecule has 0 spiro atoms. The minimum absolute atomic E-state index is 0.196. The SMILES string of the molecule is CC(C)(C)[C@@H]1NC(=O)OCCCCCc2cn(nn2)[C@@H]2C[C@@H](C(=O)O)N(C2)C1=O. The zero-order chi connectivity index (χ0) is 21.2. The summed E-state index contributed by atoms with van der Waals surface area (Å²) in [6.45, 7) is 5.92. The average Bonchev–Trinajstić information content (AvgIpc) is 3.27. The minimum Gasteiger partial charge on any atom is -0.480 e. The van der Waals surface area contributed by atoms with E-state index in [1.165, 1.54) is 4.90 Å². The van der Waals surface area contributed by atoms with E-state index < -0.39 is 35.5 Å². The number of cyclic esters (lactones) is 1. The third-order valence-corrected chi connectivity index (χ3v) is 5.46. The van der Waals surface area contributed by atoms with Gasteiger partial charge in [-0.15, -0.1) is 5.10 Å². The van der Waals surface area contributed by atoms with Gasteiger partial charge in [0.25, 0.3) is 0 Å². The summed E-state index contributed by atoms with van der Waals surface area (Å²) in [6, 6.07) is -2.17. The number of fused-ring (bicyclic) bond motifs is 5. The molecular formula is C19H29N5O5. The zero-order valence-electron chi connectivity index (χ0n) is 17.1. The van der Waals surface area contributed by atoms with Crippen LogP contribution in [0.2, 0.25) is 0 Å². The molecule has 4 bridgehead atoms. The first-order valence-corrected chi connectivity index (χ1v) is 10.0. The monoisotopic (exact) mass is 407 g/mol. The number of carbonyl (C=O) groups is 3. The second-order valence-corrected chi connectivity index (χ2v) is 8.81. The molecule has 0 aromatic carbocycles. The van der Waals surface area contributed by atoms with Crippen molar-refractivity contribution in [1.82, 2.24) is 25.2 Å². The first-order valence-electron chi connectivity index (χ1n) is 10.0. The lowest BCUT2D eigenvalue weighted by Gasteiger charge is -2.34. The molecule has 10 heteroatoms. The molecule has 0 saturated carbocycles. The molecule has 1 fully saturated rings. The molecule has 2 aliphatic heterocycles. The number of hydrogen-bond acceptors (Lipinski definition) is 6. The van der Waals surface area contributed by atoms with Crippen molar-refractivity contribution < 1.29 is 24.2 Å². The van der Waals surface area contributed by atoms with E-state index in [1.54, 1.807) is 4.68 Å². The van der Waals surface area contributed by atoms with Crippen molar-refractivity contribution in [1.29, 1.82) is 0 Å². The number of carbonyl (C=O) groups excluding carboxylic acids is 2. The average molecular weight is 407 g/mol. The predicted octanol–water partition coefficient (Wildman–Crippen LogP) is 1.37. The van der Waals surface area contributed by atoms with Gasteiger partial charge in [0.2, 0.25) is 5.91 Å². The summed E-state index contributed by atoms with van der Waals surface area (Å²) in [6.07, 6.45) is 4.64. The van der Waals surface area contributed by atoms with E-state index in [0.29, 0.717) is 6.42 Å². The molecule has 2 amide bonds. The van der Waals surface area contributed by atoms with E-state index in [-0.39, 0.29) is 25.6 Å². The highest BCUT2D eigenvalue weighted by Gasteiger charge is 2.45. The molecule has 29 heavy (non-hydrogen) atoms. The second kappa shape index (κ2) is 8.38. The van der Waals surface area contributed by atoms with Crippen LogP contribution in [0.15, 0.2) is 6.20 Å². The number of nitrogens with one attached hydrogen (secondary N) is 1. The lowest BCUT2D eigenvalue weighted by Crippen LogP contribution is -2.56. The summed E-state index contributed by atoms with van der Waals surface area (Å²) in [5, 5.41) is 20.7. The Labute approximate surface area is 169 Å². The Balaban J connectivity index is 1.92. The number of aliphatic carboxylic acids is 1. The fourth-order valence-electron chi connectivity index (χ4n) is 3.81. The Morgan fingerprint density at radius 2 is 2.03 bits per heavy atom. The van der Waals surface area contributed by atoms with Crippen molar-refractivity contribution in [2.45, 2.75) is 71.0 Å². The lowest BCUT2D eigenvalue weighted by molar-refractivity contribution is -0.150. The van der Waals surface area contributed by atoms with Crippen LogP contribution in [-0.2, 0) is 20.7 Å². The van der Waals surface area contributed by atoms with Gasteiger partial charge in [-0.25, -0.2) is 14.3 Å². The zero-order valence-corrected chi connectivity index (χ0v) is 17.1. The molecular weight excluding hydrogens is 378 g/mol. The maximum atomic E-state index is 13.3. The third-order valence-electron chi connectivity index (χ3n) is 5.46. The van der Waals surface area contributed by atoms with Crippen molar-refractivity contribution in [3.05, 3.63) is 11.9 Å². The minimum atomic E-state index is -1.07. The molecule has 1 aromatic rings. The molecule has 10 nitrogen and oxygen atoms in total. The maximum absolute atomic E-state index is 13.3. The third kappa shape index (κ3) is 4.86. The van der Waals surface area contributed by atoms with Gasteiger partial charge in [-0.2, -0.15) is 0 Å². The topological polar surface area (TPSA) is 127 Å². The van der Waals surface area contributed by atoms with E-state index in [4.69, 9.17) is 4.74 Å². The van der Waals surface area contributed by atoms with E-state index in [2.05, 4.69) is 15.6 Å². The number of hydrogen-bond donors (Lipinski definition) is 2. The van der Waals surface area contributed by atoms with Gasteiger partial charge in [0.15, 0.2) is 0 Å². The quantitative estimate of drug-likeness (QED) is 0.720. The number of alkyl carbamates (subject to hydrolysis) is 1. The summed E-state index contributed by atoms with van der Waals surface area (Å²) in [5.41, 5.74) is 0.211. The molecule has 2 aliphatic rings. The van der Waals surface area contributed by atoms with E-state index >= 15 is 0 Å². The molecule has 0 radical (unpaired) electrons. The van der Waals surface area contributed by atoms with Gasteiger partial charge in [-0.05, 0) is 31.1 Å². The lowest BCUT2D eigenvalue weighted by atomic mass is 9.85. The fraction of sp³-hybridized carbons (Fsp3) is 0.737. The van der Waals surface area contributed by atoms with Gasteiger partial charge in [0.1, 0.15) is 12.1 Å². The first kappa shape index (κ1) is 21.1. The van der Waals surface area contributed by atoms with Crippen molar-refractivity contribution >= 4 is 18.0 Å². The summed E-state index contributed by atoms with van der Waals surface area (Å²) in [4.78, 5) is 38.7. The highest BCUT2D eigenvalue weighted by atomic mass is 16.5. The Morgan fingerprint density at radius 3 is 2.72 bits per heavy atom. The number of nitrogens with zero attached hydrogens (tertiary/aromatic N) is 4. The molecule has 0 aliphatic carbocycles. The van der Waals surface area contributed by atoms with Crippen LogP contribution >= 0.6 is 0 Å². The number of ether oxygens (including phenoxy) is 1. The first-order chi connectivity index (χ1) is 13.7. The molecule has 3 rings (SSSR count). The van der Waals surface area contributed by atoms with Crippen molar-refractivity contribution in [3.63, 3.8) is 0 Å². The Bertz CT molecular complexity index is 771. The van der Waals surface area contributed by atoms with Crippen molar-refractivity contribution in [3.8, 4) is 0 Å². The second-order valence-electron chi connectivity index (χ2n) is 8.81. The molecule has 160 valence electrons. The van der Waals surface area contributed by atoms with Crippen LogP contribution in [0.3, 0.4) is 0 Å². The predicted molar refractivity (Wildman–Crippen MR) is 102 cm³/mol. The number of rotatable bonds is 1. The number of amides is 2. The standard InChI is InChI=1S/C19H29N5O5/c1-19(2,3)15-16(25)23-11-13(9-14(23)17(26)27)24-10-12(21-22-24)7-5-4-6-8-29-18(28)20-15/h10,13-15H,4-9,11H2,1-3H3,(H,20,28)(H,26,27)/t13-,14+,15-/m1/s1. The number of carboxylic acids is 1. The van der Waals surface area contributed by atoms with Gasteiger partial charge >= 0.3 is 12.1 Å². The number of carboxylic acid groups (broad SMARTS) is 1. The van der Waals surface area contributed by atoms with Crippen LogP contribution < -0.4 is 5.32 Å². The Kier molecular flexibility index (Phi) is 6.09. The fourth-order valence-corrected chi connectivity index (χ4v) is 3.81. The van der Waals surface area contributed by atoms with Crippen LogP contribution in [0, 0.1) is 5.41 Å². The number of aromatic nitrogens is 3. The molecule has 3 heterocycles. The molecule has 0 unspecified atom stereocenters. The Morgan fingerprint density at radius 1 is 1.28 bits per heavy atom. The summed E-state index contributed by atoms with van der Waals surface area (Å²) >= 11 is 0. The molecule has 3 atom stereocenters. The van der Waals surface area contributed by atoms with Crippen LogP contribution in [0.25, 0.3) is 0 Å². The highest BCUT2D eigenvalue weighted by molar-refractivity contribution is 5.90. The van der Waals surface area contributed by atoms with Gasteiger partial charge in [-0.3, -0.25) is 4.79 Å². The normalized spacial score (nSPS) is 26.7. The van der Waals surface area contributed by atoms with Crippen molar-refractivity contribution in [2.75, 3.05) is 13.2 Å².